The van der Waals surface area contributed by atoms with Crippen LogP contribution >= 0.6 is 23.2 Å². The average Bonchev–Trinajstić information content (AvgIpc) is 2.69. The van der Waals surface area contributed by atoms with Gasteiger partial charge in [-0.25, -0.2) is 0 Å². The minimum absolute atomic E-state index is 0.0400. The molecule has 0 aliphatic carbocycles. The Labute approximate surface area is 168 Å². The summed E-state index contributed by atoms with van der Waals surface area (Å²) in [6.07, 6.45) is 3.61. The van der Waals surface area contributed by atoms with Gasteiger partial charge in [0.15, 0.2) is 0 Å². The molecule has 8 heteroatoms. The van der Waals surface area contributed by atoms with Crippen molar-refractivity contribution >= 4 is 35.0 Å². The predicted octanol–water partition coefficient (Wildman–Crippen LogP) is 2.46. The van der Waals surface area contributed by atoms with Crippen LogP contribution in [0, 0.1) is 0 Å². The van der Waals surface area contributed by atoms with Crippen molar-refractivity contribution in [2.24, 2.45) is 0 Å². The molecular formula is C19H20Cl2N4O2. The van der Waals surface area contributed by atoms with Crippen LogP contribution in [0.2, 0.25) is 10.0 Å². The summed E-state index contributed by atoms with van der Waals surface area (Å²) in [6.45, 7) is 3.65. The molecule has 0 spiro atoms. The Kier molecular flexibility index (Phi) is 6.66. The van der Waals surface area contributed by atoms with E-state index in [4.69, 9.17) is 23.2 Å². The Morgan fingerprint density at radius 1 is 1.07 bits per heavy atom. The number of hydrogen-bond donors (Lipinski definition) is 1. The van der Waals surface area contributed by atoms with E-state index in [1.54, 1.807) is 23.2 Å². The van der Waals surface area contributed by atoms with Crippen molar-refractivity contribution < 1.29 is 9.59 Å². The molecule has 2 amide bonds. The highest BCUT2D eigenvalue weighted by Gasteiger charge is 2.21. The first-order valence-electron chi connectivity index (χ1n) is 8.65. The number of halogens is 2. The van der Waals surface area contributed by atoms with Crippen LogP contribution in [0.15, 0.2) is 42.7 Å². The third-order valence-corrected chi connectivity index (χ3v) is 5.17. The minimum Gasteiger partial charge on any atom is -0.343 e. The van der Waals surface area contributed by atoms with E-state index >= 15 is 0 Å². The van der Waals surface area contributed by atoms with Gasteiger partial charge >= 0.3 is 0 Å². The van der Waals surface area contributed by atoms with Gasteiger partial charge in [0.05, 0.1) is 16.6 Å². The van der Waals surface area contributed by atoms with Crippen molar-refractivity contribution in [2.75, 3.05) is 32.7 Å². The van der Waals surface area contributed by atoms with Gasteiger partial charge in [0.25, 0.3) is 5.91 Å². The van der Waals surface area contributed by atoms with Gasteiger partial charge in [0.1, 0.15) is 0 Å². The molecule has 0 radical (unpaired) electrons. The van der Waals surface area contributed by atoms with E-state index < -0.39 is 0 Å². The third-order valence-electron chi connectivity index (χ3n) is 4.44. The molecule has 142 valence electrons. The van der Waals surface area contributed by atoms with Gasteiger partial charge in [-0.3, -0.25) is 19.5 Å². The molecule has 1 fully saturated rings. The van der Waals surface area contributed by atoms with Gasteiger partial charge < -0.3 is 10.2 Å². The maximum Gasteiger partial charge on any atom is 0.251 e. The fourth-order valence-corrected chi connectivity index (χ4v) is 3.21. The number of aromatic nitrogens is 1. The number of carbonyl (C=O) groups excluding carboxylic acids is 2. The summed E-state index contributed by atoms with van der Waals surface area (Å²) in [5.41, 5.74) is 1.53. The number of nitrogens with zero attached hydrogens (tertiary/aromatic N) is 3. The van der Waals surface area contributed by atoms with Crippen LogP contribution in [-0.4, -0.2) is 59.3 Å². The van der Waals surface area contributed by atoms with E-state index in [0.717, 1.165) is 25.2 Å². The Bertz CT molecular complexity index is 809. The van der Waals surface area contributed by atoms with Crippen LogP contribution in [0.25, 0.3) is 0 Å². The molecule has 0 unspecified atom stereocenters. The molecule has 0 atom stereocenters. The number of pyridine rings is 1. The third kappa shape index (κ3) is 5.42. The molecule has 1 saturated heterocycles. The molecule has 1 aromatic heterocycles. The number of nitrogens with one attached hydrogen (secondary N) is 1. The van der Waals surface area contributed by atoms with Gasteiger partial charge in [-0.1, -0.05) is 29.3 Å². The fraction of sp³-hybridized carbons (Fsp3) is 0.316. The molecular weight excluding hydrogens is 387 g/mol. The predicted molar refractivity (Wildman–Crippen MR) is 105 cm³/mol. The second kappa shape index (κ2) is 9.17. The van der Waals surface area contributed by atoms with Gasteiger partial charge in [-0.2, -0.15) is 0 Å². The lowest BCUT2D eigenvalue weighted by Gasteiger charge is -2.34. The Morgan fingerprint density at radius 3 is 2.52 bits per heavy atom. The highest BCUT2D eigenvalue weighted by atomic mass is 35.5. The SMILES string of the molecule is O=C(NCC(=O)N1CCN(Cc2cccnc2)CC1)c1ccc(Cl)c(Cl)c1. The molecule has 3 rings (SSSR count). The monoisotopic (exact) mass is 406 g/mol. The first-order valence-corrected chi connectivity index (χ1v) is 9.41. The minimum atomic E-state index is -0.350. The van der Waals surface area contributed by atoms with Crippen LogP contribution in [0.5, 0.6) is 0 Å². The maximum atomic E-state index is 12.4. The molecule has 6 nitrogen and oxygen atoms in total. The number of piperazine rings is 1. The van der Waals surface area contributed by atoms with E-state index in [2.05, 4.69) is 15.2 Å². The molecule has 2 heterocycles. The van der Waals surface area contributed by atoms with E-state index in [1.807, 2.05) is 18.3 Å². The summed E-state index contributed by atoms with van der Waals surface area (Å²) in [5.74, 6) is -0.443. The van der Waals surface area contributed by atoms with Gasteiger partial charge in [-0.15, -0.1) is 0 Å². The normalized spacial score (nSPS) is 14.8. The molecule has 1 N–H and O–H groups in total. The van der Waals surface area contributed by atoms with Crippen molar-refractivity contribution in [3.05, 3.63) is 63.9 Å². The fourth-order valence-electron chi connectivity index (χ4n) is 2.91. The summed E-state index contributed by atoms with van der Waals surface area (Å²) >= 11 is 11.8. The lowest BCUT2D eigenvalue weighted by atomic mass is 10.2. The van der Waals surface area contributed by atoms with Crippen molar-refractivity contribution in [2.45, 2.75) is 6.54 Å². The first kappa shape index (κ1) is 19.6. The second-order valence-corrected chi connectivity index (χ2v) is 7.14. The maximum absolute atomic E-state index is 12.4. The molecule has 27 heavy (non-hydrogen) atoms. The van der Waals surface area contributed by atoms with Gasteiger partial charge in [0.2, 0.25) is 5.91 Å². The molecule has 0 saturated carbocycles. The van der Waals surface area contributed by atoms with E-state index in [-0.39, 0.29) is 18.4 Å². The highest BCUT2D eigenvalue weighted by Crippen LogP contribution is 2.22. The number of amides is 2. The van der Waals surface area contributed by atoms with Crippen LogP contribution in [0.1, 0.15) is 15.9 Å². The Morgan fingerprint density at radius 2 is 1.85 bits per heavy atom. The quantitative estimate of drug-likeness (QED) is 0.827. The largest absolute Gasteiger partial charge is 0.343 e. The molecule has 2 aromatic rings. The number of hydrogen-bond acceptors (Lipinski definition) is 4. The summed E-state index contributed by atoms with van der Waals surface area (Å²) in [6, 6.07) is 8.59. The second-order valence-electron chi connectivity index (χ2n) is 6.33. The highest BCUT2D eigenvalue weighted by molar-refractivity contribution is 6.42. The summed E-state index contributed by atoms with van der Waals surface area (Å²) in [4.78, 5) is 32.7. The Hall–Kier alpha value is -2.15. The standard InChI is InChI=1S/C19H20Cl2N4O2/c20-16-4-3-15(10-17(16)21)19(27)23-12-18(26)25-8-6-24(7-9-25)13-14-2-1-5-22-11-14/h1-5,10-11H,6-9,12-13H2,(H,23,27). The van der Waals surface area contributed by atoms with E-state index in [9.17, 15) is 9.59 Å². The molecule has 0 bridgehead atoms. The van der Waals surface area contributed by atoms with Crippen molar-refractivity contribution in [1.82, 2.24) is 20.1 Å². The Balaban J connectivity index is 1.44. The van der Waals surface area contributed by atoms with Crippen LogP contribution in [0.4, 0.5) is 0 Å². The molecule has 1 aliphatic heterocycles. The topological polar surface area (TPSA) is 65.5 Å². The lowest BCUT2D eigenvalue weighted by molar-refractivity contribution is -0.131. The number of carbonyl (C=O) groups is 2. The van der Waals surface area contributed by atoms with Crippen LogP contribution in [0.3, 0.4) is 0 Å². The number of benzene rings is 1. The van der Waals surface area contributed by atoms with Crippen molar-refractivity contribution in [1.29, 1.82) is 0 Å². The first-order chi connectivity index (χ1) is 13.0. The molecule has 1 aromatic carbocycles. The average molecular weight is 407 g/mol. The van der Waals surface area contributed by atoms with Crippen molar-refractivity contribution in [3.8, 4) is 0 Å². The van der Waals surface area contributed by atoms with Gasteiger partial charge in [0, 0.05) is 50.7 Å². The van der Waals surface area contributed by atoms with Crippen LogP contribution in [-0.2, 0) is 11.3 Å². The summed E-state index contributed by atoms with van der Waals surface area (Å²) in [7, 11) is 0. The zero-order chi connectivity index (χ0) is 19.2. The lowest BCUT2D eigenvalue weighted by Crippen LogP contribution is -2.50. The summed E-state index contributed by atoms with van der Waals surface area (Å²) < 4.78 is 0. The zero-order valence-electron chi connectivity index (χ0n) is 14.7. The number of rotatable bonds is 5. The summed E-state index contributed by atoms with van der Waals surface area (Å²) in [5, 5.41) is 3.33. The van der Waals surface area contributed by atoms with Crippen molar-refractivity contribution in [3.63, 3.8) is 0 Å². The smallest absolute Gasteiger partial charge is 0.251 e. The van der Waals surface area contributed by atoms with Gasteiger partial charge in [-0.05, 0) is 29.8 Å². The van der Waals surface area contributed by atoms with E-state index in [0.29, 0.717) is 28.7 Å². The van der Waals surface area contributed by atoms with Crippen LogP contribution < -0.4 is 5.32 Å². The molecule has 1 aliphatic rings. The zero-order valence-corrected chi connectivity index (χ0v) is 16.2. The van der Waals surface area contributed by atoms with E-state index in [1.165, 1.54) is 6.07 Å².